The third-order valence-corrected chi connectivity index (χ3v) is 4.29. The number of hydrogen-bond donors (Lipinski definition) is 1. The van der Waals surface area contributed by atoms with E-state index in [-0.39, 0.29) is 12.6 Å². The quantitative estimate of drug-likeness (QED) is 0.594. The van der Waals surface area contributed by atoms with Crippen LogP contribution in [0.4, 0.5) is 4.79 Å². The number of nitrogens with one attached hydrogen (secondary N) is 1. The fraction of sp³-hybridized carbons (Fsp3) is 0.208. The van der Waals surface area contributed by atoms with Crippen molar-refractivity contribution in [1.29, 1.82) is 0 Å². The van der Waals surface area contributed by atoms with E-state index >= 15 is 0 Å². The van der Waals surface area contributed by atoms with Crippen molar-refractivity contribution in [2.24, 2.45) is 0 Å². The van der Waals surface area contributed by atoms with Crippen LogP contribution in [-0.4, -0.2) is 12.1 Å². The van der Waals surface area contributed by atoms with E-state index in [0.29, 0.717) is 6.61 Å². The lowest BCUT2D eigenvalue weighted by molar-refractivity contribution is 0.136. The lowest BCUT2D eigenvalue weighted by Crippen LogP contribution is -2.34. The van der Waals surface area contributed by atoms with E-state index in [1.165, 1.54) is 0 Å². The van der Waals surface area contributed by atoms with Gasteiger partial charge in [-0.2, -0.15) is 0 Å². The highest BCUT2D eigenvalue weighted by molar-refractivity contribution is 5.67. The summed E-state index contributed by atoms with van der Waals surface area (Å²) in [5, 5.41) is 2.87. The van der Waals surface area contributed by atoms with Crippen molar-refractivity contribution in [1.82, 2.24) is 5.32 Å². The second-order valence-electron chi connectivity index (χ2n) is 6.73. The van der Waals surface area contributed by atoms with Gasteiger partial charge in [0.25, 0.3) is 0 Å². The van der Waals surface area contributed by atoms with Crippen molar-refractivity contribution in [2.75, 3.05) is 0 Å². The maximum absolute atomic E-state index is 11.9. The Labute approximate surface area is 166 Å². The molecule has 0 saturated carbocycles. The SMILES string of the molecule is C[C@H](Cc1ccc(OCc2ccccc2)cc1)NC(=O)OCc1ccccc1. The Morgan fingerprint density at radius 2 is 1.36 bits per heavy atom. The Morgan fingerprint density at radius 3 is 1.96 bits per heavy atom. The molecule has 0 aromatic heterocycles. The van der Waals surface area contributed by atoms with Crippen LogP contribution in [-0.2, 0) is 24.4 Å². The zero-order chi connectivity index (χ0) is 19.6. The average Bonchev–Trinajstić information content (AvgIpc) is 2.73. The molecule has 1 N–H and O–H groups in total. The molecule has 0 radical (unpaired) electrons. The fourth-order valence-electron chi connectivity index (χ4n) is 2.83. The van der Waals surface area contributed by atoms with Crippen LogP contribution in [0.2, 0.25) is 0 Å². The molecule has 1 amide bonds. The summed E-state index contributed by atoms with van der Waals surface area (Å²) in [5.41, 5.74) is 3.23. The number of rotatable bonds is 8. The predicted molar refractivity (Wildman–Crippen MR) is 110 cm³/mol. The molecule has 3 aromatic carbocycles. The molecule has 0 fully saturated rings. The Morgan fingerprint density at radius 1 is 0.786 bits per heavy atom. The highest BCUT2D eigenvalue weighted by atomic mass is 16.5. The van der Waals surface area contributed by atoms with Gasteiger partial charge in [-0.15, -0.1) is 0 Å². The van der Waals surface area contributed by atoms with Crippen molar-refractivity contribution < 1.29 is 14.3 Å². The van der Waals surface area contributed by atoms with E-state index in [9.17, 15) is 4.79 Å². The summed E-state index contributed by atoms with van der Waals surface area (Å²) in [7, 11) is 0. The molecular weight excluding hydrogens is 350 g/mol. The lowest BCUT2D eigenvalue weighted by atomic mass is 10.1. The number of benzene rings is 3. The standard InChI is InChI=1S/C24H25NO3/c1-19(25-24(26)28-18-22-10-6-3-7-11-22)16-20-12-14-23(15-13-20)27-17-21-8-4-2-5-9-21/h2-15,19H,16-18H2,1H3,(H,25,26)/t19-/m1/s1. The minimum absolute atomic E-state index is 0.0284. The monoisotopic (exact) mass is 375 g/mol. The van der Waals surface area contributed by atoms with Crippen LogP contribution in [0.1, 0.15) is 23.6 Å². The van der Waals surface area contributed by atoms with Gasteiger partial charge in [-0.3, -0.25) is 0 Å². The molecule has 4 heteroatoms. The summed E-state index contributed by atoms with van der Waals surface area (Å²) in [6.07, 6.45) is 0.318. The average molecular weight is 375 g/mol. The molecular formula is C24H25NO3. The maximum atomic E-state index is 11.9. The Kier molecular flexibility index (Phi) is 7.08. The number of ether oxygens (including phenoxy) is 2. The van der Waals surface area contributed by atoms with Crippen LogP contribution in [0, 0.1) is 0 Å². The van der Waals surface area contributed by atoms with E-state index in [4.69, 9.17) is 9.47 Å². The predicted octanol–water partition coefficient (Wildman–Crippen LogP) is 5.12. The first kappa shape index (κ1) is 19.5. The summed E-state index contributed by atoms with van der Waals surface area (Å²) < 4.78 is 11.1. The van der Waals surface area contributed by atoms with E-state index in [1.807, 2.05) is 91.9 Å². The molecule has 0 aliphatic carbocycles. The molecule has 3 aromatic rings. The highest BCUT2D eigenvalue weighted by Crippen LogP contribution is 2.15. The van der Waals surface area contributed by atoms with Gasteiger partial charge in [0.05, 0.1) is 0 Å². The highest BCUT2D eigenvalue weighted by Gasteiger charge is 2.09. The smallest absolute Gasteiger partial charge is 0.407 e. The first-order valence-corrected chi connectivity index (χ1v) is 9.42. The van der Waals surface area contributed by atoms with Crippen LogP contribution in [0.5, 0.6) is 5.75 Å². The first-order valence-electron chi connectivity index (χ1n) is 9.42. The molecule has 28 heavy (non-hydrogen) atoms. The van der Waals surface area contributed by atoms with Gasteiger partial charge in [0.2, 0.25) is 0 Å². The van der Waals surface area contributed by atoms with Gasteiger partial charge in [-0.25, -0.2) is 4.79 Å². The molecule has 144 valence electrons. The molecule has 0 saturated heterocycles. The zero-order valence-electron chi connectivity index (χ0n) is 16.0. The van der Waals surface area contributed by atoms with Gasteiger partial charge in [0.1, 0.15) is 19.0 Å². The molecule has 4 nitrogen and oxygen atoms in total. The van der Waals surface area contributed by atoms with Gasteiger partial charge in [0.15, 0.2) is 0 Å². The van der Waals surface area contributed by atoms with Gasteiger partial charge >= 0.3 is 6.09 Å². The van der Waals surface area contributed by atoms with E-state index in [1.54, 1.807) is 0 Å². The molecule has 3 rings (SSSR count). The number of carbonyl (C=O) groups is 1. The minimum atomic E-state index is -0.404. The summed E-state index contributed by atoms with van der Waals surface area (Å²) in [4.78, 5) is 11.9. The Bertz CT molecular complexity index is 848. The van der Waals surface area contributed by atoms with Gasteiger partial charge in [-0.05, 0) is 42.2 Å². The number of amides is 1. The Hall–Kier alpha value is -3.27. The molecule has 0 heterocycles. The second-order valence-corrected chi connectivity index (χ2v) is 6.73. The third-order valence-electron chi connectivity index (χ3n) is 4.29. The van der Waals surface area contributed by atoms with Crippen molar-refractivity contribution in [2.45, 2.75) is 32.6 Å². The minimum Gasteiger partial charge on any atom is -0.489 e. The van der Waals surface area contributed by atoms with Crippen LogP contribution in [0.15, 0.2) is 84.9 Å². The van der Waals surface area contributed by atoms with Crippen molar-refractivity contribution in [3.05, 3.63) is 102 Å². The van der Waals surface area contributed by atoms with Crippen molar-refractivity contribution in [3.63, 3.8) is 0 Å². The summed E-state index contributed by atoms with van der Waals surface area (Å²) in [5.74, 6) is 0.829. The van der Waals surface area contributed by atoms with Crippen molar-refractivity contribution >= 4 is 6.09 Å². The topological polar surface area (TPSA) is 47.6 Å². The number of carbonyl (C=O) groups excluding carboxylic acids is 1. The molecule has 0 aliphatic rings. The fourth-order valence-corrected chi connectivity index (χ4v) is 2.83. The van der Waals surface area contributed by atoms with Crippen LogP contribution >= 0.6 is 0 Å². The summed E-state index contributed by atoms with van der Waals surface area (Å²) in [6, 6.07) is 27.6. The van der Waals surface area contributed by atoms with Crippen LogP contribution in [0.3, 0.4) is 0 Å². The first-order chi connectivity index (χ1) is 13.7. The summed E-state index contributed by atoms with van der Waals surface area (Å²) in [6.45, 7) is 2.78. The largest absolute Gasteiger partial charge is 0.489 e. The maximum Gasteiger partial charge on any atom is 0.407 e. The van der Waals surface area contributed by atoms with Crippen LogP contribution < -0.4 is 10.1 Å². The van der Waals surface area contributed by atoms with Gasteiger partial charge in [0, 0.05) is 6.04 Å². The van der Waals surface area contributed by atoms with Gasteiger partial charge in [-0.1, -0.05) is 72.8 Å². The molecule has 0 spiro atoms. The Balaban J connectivity index is 1.41. The normalized spacial score (nSPS) is 11.5. The molecule has 1 atom stereocenters. The molecule has 0 aliphatic heterocycles. The summed E-state index contributed by atoms with van der Waals surface area (Å²) >= 11 is 0. The van der Waals surface area contributed by atoms with E-state index < -0.39 is 6.09 Å². The molecule has 0 bridgehead atoms. The number of alkyl carbamates (subject to hydrolysis) is 1. The van der Waals surface area contributed by atoms with Crippen LogP contribution in [0.25, 0.3) is 0 Å². The van der Waals surface area contributed by atoms with Crippen molar-refractivity contribution in [3.8, 4) is 5.75 Å². The van der Waals surface area contributed by atoms with Gasteiger partial charge < -0.3 is 14.8 Å². The van der Waals surface area contributed by atoms with E-state index in [0.717, 1.165) is 28.9 Å². The van der Waals surface area contributed by atoms with E-state index in [2.05, 4.69) is 5.32 Å². The third kappa shape index (κ3) is 6.47. The lowest BCUT2D eigenvalue weighted by Gasteiger charge is -2.14. The zero-order valence-corrected chi connectivity index (χ0v) is 16.0. The second kappa shape index (κ2) is 10.2. The number of hydrogen-bond acceptors (Lipinski definition) is 3. The molecule has 0 unspecified atom stereocenters.